The molecule has 2 aromatic rings. The Labute approximate surface area is 196 Å². The predicted octanol–water partition coefficient (Wildman–Crippen LogP) is 4.28. The molecule has 0 aliphatic heterocycles. The molecule has 0 bridgehead atoms. The number of hydrogen-bond donors (Lipinski definition) is 2. The molecule has 0 unspecified atom stereocenters. The number of rotatable bonds is 10. The summed E-state index contributed by atoms with van der Waals surface area (Å²) in [5, 5.41) is 14.6. The quantitative estimate of drug-likeness (QED) is 0.393. The second-order valence-corrected chi connectivity index (χ2v) is 8.40. The lowest BCUT2D eigenvalue weighted by molar-refractivity contribution is -0.150. The van der Waals surface area contributed by atoms with Gasteiger partial charge in [-0.1, -0.05) is 44.0 Å². The average Bonchev–Trinajstić information content (AvgIpc) is 2.80. The van der Waals surface area contributed by atoms with E-state index in [-0.39, 0.29) is 11.7 Å². The summed E-state index contributed by atoms with van der Waals surface area (Å²) >= 11 is 7.14. The van der Waals surface area contributed by atoms with E-state index in [9.17, 15) is 14.4 Å². The van der Waals surface area contributed by atoms with Gasteiger partial charge in [0.15, 0.2) is 6.61 Å². The third-order valence-corrected chi connectivity index (χ3v) is 5.85. The first-order chi connectivity index (χ1) is 15.3. The fourth-order valence-electron chi connectivity index (χ4n) is 2.71. The molecule has 0 fully saturated rings. The van der Waals surface area contributed by atoms with Crippen molar-refractivity contribution in [1.29, 1.82) is 5.26 Å². The molecule has 0 saturated heterocycles. The van der Waals surface area contributed by atoms with Gasteiger partial charge in [0, 0.05) is 15.5 Å². The van der Waals surface area contributed by atoms with Gasteiger partial charge >= 0.3 is 5.97 Å². The van der Waals surface area contributed by atoms with Gasteiger partial charge in [-0.15, -0.1) is 11.8 Å². The van der Waals surface area contributed by atoms with E-state index in [1.54, 1.807) is 48.5 Å². The largest absolute Gasteiger partial charge is 0.454 e. The molecule has 0 saturated carbocycles. The van der Waals surface area contributed by atoms with E-state index in [0.717, 1.165) is 4.90 Å². The lowest BCUT2D eigenvalue weighted by Gasteiger charge is -2.22. The van der Waals surface area contributed by atoms with Crippen LogP contribution in [0.4, 0.5) is 5.69 Å². The van der Waals surface area contributed by atoms with Crippen LogP contribution < -0.4 is 10.6 Å². The number of carbonyl (C=O) groups is 3. The van der Waals surface area contributed by atoms with Gasteiger partial charge in [-0.05, 0) is 42.3 Å². The van der Waals surface area contributed by atoms with Crippen molar-refractivity contribution in [2.45, 2.75) is 31.2 Å². The van der Waals surface area contributed by atoms with Gasteiger partial charge in [0.2, 0.25) is 0 Å². The number of para-hydroxylation sites is 1. The standard InChI is InChI=1S/C23H24ClN3O4S/c1-3-15(2)21(27-22(29)16-8-10-17(24)11-9-16)23(30)31-14-20(28)26-18-6-4-5-7-19(18)32-13-12-25/h4-11,15,21H,3,13-14H2,1-2H3,(H,26,28)(H,27,29)/t15-,21-/m0/s1. The molecular formula is C23H24ClN3O4S. The first-order valence-corrected chi connectivity index (χ1v) is 11.3. The Balaban J connectivity index is 1.98. The monoisotopic (exact) mass is 473 g/mol. The maximum absolute atomic E-state index is 12.7. The zero-order valence-corrected chi connectivity index (χ0v) is 19.3. The molecular weight excluding hydrogens is 450 g/mol. The number of carbonyl (C=O) groups excluding carboxylic acids is 3. The van der Waals surface area contributed by atoms with Gasteiger partial charge in [0.1, 0.15) is 6.04 Å². The highest BCUT2D eigenvalue weighted by Gasteiger charge is 2.28. The van der Waals surface area contributed by atoms with Gasteiger partial charge in [-0.3, -0.25) is 9.59 Å². The predicted molar refractivity (Wildman–Crippen MR) is 125 cm³/mol. The molecule has 0 heterocycles. The molecule has 2 atom stereocenters. The fourth-order valence-corrected chi connectivity index (χ4v) is 3.51. The number of nitrogens with one attached hydrogen (secondary N) is 2. The summed E-state index contributed by atoms with van der Waals surface area (Å²) in [6, 6.07) is 14.5. The molecule has 0 radical (unpaired) electrons. The van der Waals surface area contributed by atoms with Gasteiger partial charge < -0.3 is 15.4 Å². The minimum atomic E-state index is -0.908. The average molecular weight is 474 g/mol. The van der Waals surface area contributed by atoms with Crippen molar-refractivity contribution in [3.8, 4) is 6.07 Å². The Morgan fingerprint density at radius 1 is 1.16 bits per heavy atom. The Morgan fingerprint density at radius 2 is 1.84 bits per heavy atom. The Hall–Kier alpha value is -3.02. The van der Waals surface area contributed by atoms with Crippen LogP contribution >= 0.6 is 23.4 Å². The minimum absolute atomic E-state index is 0.204. The van der Waals surface area contributed by atoms with E-state index < -0.39 is 30.4 Å². The highest BCUT2D eigenvalue weighted by Crippen LogP contribution is 2.26. The molecule has 32 heavy (non-hydrogen) atoms. The first-order valence-electron chi connectivity index (χ1n) is 9.97. The molecule has 0 aromatic heterocycles. The van der Waals surface area contributed by atoms with E-state index in [0.29, 0.717) is 22.7 Å². The number of anilines is 1. The molecule has 2 amide bonds. The fraction of sp³-hybridized carbons (Fsp3) is 0.304. The Bertz CT molecular complexity index is 991. The molecule has 0 spiro atoms. The van der Waals surface area contributed by atoms with Crippen molar-refractivity contribution in [3.63, 3.8) is 0 Å². The number of halogens is 1. The topological polar surface area (TPSA) is 108 Å². The van der Waals surface area contributed by atoms with E-state index in [4.69, 9.17) is 21.6 Å². The van der Waals surface area contributed by atoms with Gasteiger partial charge in [0.25, 0.3) is 11.8 Å². The summed E-state index contributed by atoms with van der Waals surface area (Å²) in [5.41, 5.74) is 0.892. The molecule has 2 N–H and O–H groups in total. The van der Waals surface area contributed by atoms with Gasteiger partial charge in [-0.25, -0.2) is 4.79 Å². The summed E-state index contributed by atoms with van der Waals surface area (Å²) in [4.78, 5) is 38.2. The number of amides is 2. The third kappa shape index (κ3) is 7.59. The SMILES string of the molecule is CC[C@H](C)[C@H](NC(=O)c1ccc(Cl)cc1)C(=O)OCC(=O)Nc1ccccc1SCC#N. The third-order valence-electron chi connectivity index (χ3n) is 4.66. The number of benzene rings is 2. The van der Waals surface area contributed by atoms with Crippen molar-refractivity contribution >= 4 is 46.8 Å². The van der Waals surface area contributed by atoms with E-state index in [1.807, 2.05) is 19.9 Å². The van der Waals surface area contributed by atoms with Crippen LogP contribution in [0.2, 0.25) is 5.02 Å². The Kier molecular flexibility index (Phi) is 10.1. The first kappa shape index (κ1) is 25.2. The smallest absolute Gasteiger partial charge is 0.329 e. The summed E-state index contributed by atoms with van der Waals surface area (Å²) in [7, 11) is 0. The van der Waals surface area contributed by atoms with E-state index >= 15 is 0 Å². The number of ether oxygens (including phenoxy) is 1. The van der Waals surface area contributed by atoms with Gasteiger partial charge in [-0.2, -0.15) is 5.26 Å². The molecule has 2 rings (SSSR count). The zero-order valence-electron chi connectivity index (χ0n) is 17.8. The molecule has 0 aliphatic rings. The number of thioether (sulfide) groups is 1. The summed E-state index contributed by atoms with van der Waals surface area (Å²) in [6.45, 7) is 3.21. The number of esters is 1. The van der Waals surface area contributed by atoms with Crippen LogP contribution in [0, 0.1) is 17.2 Å². The summed E-state index contributed by atoms with van der Waals surface area (Å²) < 4.78 is 5.19. The van der Waals surface area contributed by atoms with E-state index in [1.165, 1.54) is 11.8 Å². The van der Waals surface area contributed by atoms with Crippen LogP contribution in [0.1, 0.15) is 30.6 Å². The highest BCUT2D eigenvalue weighted by atomic mass is 35.5. The van der Waals surface area contributed by atoms with Crippen LogP contribution in [0.25, 0.3) is 0 Å². The molecule has 7 nitrogen and oxygen atoms in total. The van der Waals surface area contributed by atoms with Crippen molar-refractivity contribution < 1.29 is 19.1 Å². The van der Waals surface area contributed by atoms with Gasteiger partial charge in [0.05, 0.1) is 17.5 Å². The van der Waals surface area contributed by atoms with Crippen LogP contribution in [0.5, 0.6) is 0 Å². The number of nitrogens with zero attached hydrogens (tertiary/aromatic N) is 1. The molecule has 0 aliphatic carbocycles. The van der Waals surface area contributed by atoms with Crippen molar-refractivity contribution in [1.82, 2.24) is 5.32 Å². The minimum Gasteiger partial charge on any atom is -0.454 e. The van der Waals surface area contributed by atoms with Crippen LogP contribution in [0.3, 0.4) is 0 Å². The zero-order chi connectivity index (χ0) is 23.5. The molecule has 168 valence electrons. The van der Waals surface area contributed by atoms with Crippen molar-refractivity contribution in [3.05, 3.63) is 59.1 Å². The number of nitriles is 1. The van der Waals surface area contributed by atoms with Crippen LogP contribution in [0.15, 0.2) is 53.4 Å². The maximum atomic E-state index is 12.7. The summed E-state index contributed by atoms with van der Waals surface area (Å²) in [6.07, 6.45) is 0.621. The number of hydrogen-bond acceptors (Lipinski definition) is 6. The summed E-state index contributed by atoms with van der Waals surface area (Å²) in [5.74, 6) is -1.60. The second-order valence-electron chi connectivity index (χ2n) is 6.94. The van der Waals surface area contributed by atoms with Crippen LogP contribution in [-0.4, -0.2) is 36.2 Å². The van der Waals surface area contributed by atoms with Crippen LogP contribution in [-0.2, 0) is 14.3 Å². The highest BCUT2D eigenvalue weighted by molar-refractivity contribution is 7.99. The normalized spacial score (nSPS) is 12.2. The van der Waals surface area contributed by atoms with Crippen molar-refractivity contribution in [2.75, 3.05) is 17.7 Å². The molecule has 2 aromatic carbocycles. The lowest BCUT2D eigenvalue weighted by atomic mass is 9.99. The lowest BCUT2D eigenvalue weighted by Crippen LogP contribution is -2.46. The van der Waals surface area contributed by atoms with Crippen molar-refractivity contribution in [2.24, 2.45) is 5.92 Å². The van der Waals surface area contributed by atoms with E-state index in [2.05, 4.69) is 10.6 Å². The molecule has 9 heteroatoms. The second kappa shape index (κ2) is 12.7. The maximum Gasteiger partial charge on any atom is 0.329 e. The Morgan fingerprint density at radius 3 is 2.50 bits per heavy atom.